The number of carbonyl (C=O) groups is 3. The average Bonchev–Trinajstić information content (AvgIpc) is 3.04. The lowest BCUT2D eigenvalue weighted by Gasteiger charge is -2.28. The molecule has 1 atom stereocenters. The topological polar surface area (TPSA) is 125 Å². The van der Waals surface area contributed by atoms with Crippen molar-refractivity contribution in [3.05, 3.63) is 35.4 Å². The highest BCUT2D eigenvalue weighted by molar-refractivity contribution is 5.93. The highest BCUT2D eigenvalue weighted by Crippen LogP contribution is 2.30. The number of carbonyl (C=O) groups excluding carboxylic acids is 3. The Morgan fingerprint density at radius 2 is 1.79 bits per heavy atom. The Kier molecular flexibility index (Phi) is 5.56. The molecule has 0 saturated heterocycles. The average molecular weight is 333 g/mol. The molecule has 1 aliphatic rings. The zero-order chi connectivity index (χ0) is 17.7. The van der Waals surface area contributed by atoms with Crippen molar-refractivity contribution in [1.82, 2.24) is 5.32 Å². The molecule has 0 spiro atoms. The van der Waals surface area contributed by atoms with Crippen LogP contribution in [-0.2, 0) is 20.7 Å². The van der Waals surface area contributed by atoms with E-state index in [9.17, 15) is 14.4 Å². The predicted molar refractivity (Wildman–Crippen MR) is 88.0 cm³/mol. The van der Waals surface area contributed by atoms with Gasteiger partial charge in [0.05, 0.1) is 13.2 Å². The molecule has 1 aromatic rings. The first-order valence-electron chi connectivity index (χ1n) is 7.93. The summed E-state index contributed by atoms with van der Waals surface area (Å²) in [6.07, 6.45) is 3.14. The van der Waals surface area contributed by atoms with Crippen molar-refractivity contribution in [2.45, 2.75) is 43.7 Å². The van der Waals surface area contributed by atoms with E-state index >= 15 is 0 Å². The fourth-order valence-corrected chi connectivity index (χ4v) is 3.03. The number of amides is 2. The van der Waals surface area contributed by atoms with Crippen molar-refractivity contribution in [1.29, 1.82) is 0 Å². The van der Waals surface area contributed by atoms with Crippen LogP contribution in [0.15, 0.2) is 24.3 Å². The van der Waals surface area contributed by atoms with Gasteiger partial charge in [0.25, 0.3) is 0 Å². The number of rotatable bonds is 6. The molecule has 130 valence electrons. The molecule has 0 radical (unpaired) electrons. The van der Waals surface area contributed by atoms with Gasteiger partial charge in [-0.15, -0.1) is 0 Å². The first-order chi connectivity index (χ1) is 11.4. The first kappa shape index (κ1) is 17.9. The highest BCUT2D eigenvalue weighted by atomic mass is 16.5. The van der Waals surface area contributed by atoms with Gasteiger partial charge in [-0.3, -0.25) is 9.59 Å². The molecule has 24 heavy (non-hydrogen) atoms. The number of methoxy groups -OCH3 is 1. The number of ether oxygens (including phenoxy) is 1. The van der Waals surface area contributed by atoms with Gasteiger partial charge in [0, 0.05) is 5.56 Å². The minimum atomic E-state index is -0.959. The van der Waals surface area contributed by atoms with Gasteiger partial charge < -0.3 is 21.5 Å². The van der Waals surface area contributed by atoms with Crippen LogP contribution >= 0.6 is 0 Å². The van der Waals surface area contributed by atoms with Gasteiger partial charge in [-0.05, 0) is 37.0 Å². The quantitative estimate of drug-likeness (QED) is 0.644. The second-order valence-corrected chi connectivity index (χ2v) is 6.14. The Bertz CT molecular complexity index is 621. The first-order valence-corrected chi connectivity index (χ1v) is 7.93. The number of hydrogen-bond donors (Lipinski definition) is 3. The number of nitrogens with one attached hydrogen (secondary N) is 1. The third-order valence-corrected chi connectivity index (χ3v) is 4.43. The van der Waals surface area contributed by atoms with Crippen molar-refractivity contribution < 1.29 is 19.1 Å². The van der Waals surface area contributed by atoms with E-state index < -0.39 is 23.5 Å². The van der Waals surface area contributed by atoms with Gasteiger partial charge >= 0.3 is 5.97 Å². The van der Waals surface area contributed by atoms with Crippen molar-refractivity contribution in [3.63, 3.8) is 0 Å². The van der Waals surface area contributed by atoms with Crippen molar-refractivity contribution >= 4 is 17.8 Å². The van der Waals surface area contributed by atoms with Crippen LogP contribution in [0.2, 0.25) is 0 Å². The van der Waals surface area contributed by atoms with Crippen LogP contribution < -0.4 is 16.8 Å². The van der Waals surface area contributed by atoms with Crippen molar-refractivity contribution in [3.8, 4) is 0 Å². The number of hydrogen-bond acceptors (Lipinski definition) is 5. The summed E-state index contributed by atoms with van der Waals surface area (Å²) in [6, 6.07) is 5.80. The number of benzene rings is 1. The van der Waals surface area contributed by atoms with Crippen molar-refractivity contribution in [2.24, 2.45) is 11.5 Å². The van der Waals surface area contributed by atoms with E-state index in [0.29, 0.717) is 24.8 Å². The fourth-order valence-electron chi connectivity index (χ4n) is 3.03. The second kappa shape index (κ2) is 7.44. The summed E-state index contributed by atoms with van der Waals surface area (Å²) in [5, 5.41) is 2.78. The SMILES string of the molecule is COC(=O)C1(NC(=O)C(N)Cc2ccc(C(N)=O)cc2)CCCC1. The summed E-state index contributed by atoms with van der Waals surface area (Å²) in [6.45, 7) is 0. The third kappa shape index (κ3) is 3.91. The van der Waals surface area contributed by atoms with Gasteiger partial charge in [0.15, 0.2) is 0 Å². The molecule has 0 bridgehead atoms. The van der Waals surface area contributed by atoms with E-state index in [0.717, 1.165) is 18.4 Å². The summed E-state index contributed by atoms with van der Waals surface area (Å²) in [5.74, 6) is -1.32. The van der Waals surface area contributed by atoms with E-state index in [-0.39, 0.29) is 5.91 Å². The third-order valence-electron chi connectivity index (χ3n) is 4.43. The van der Waals surface area contributed by atoms with E-state index in [1.54, 1.807) is 24.3 Å². The highest BCUT2D eigenvalue weighted by Gasteiger charge is 2.44. The molecule has 0 aromatic heterocycles. The Labute approximate surface area is 140 Å². The molecule has 1 aromatic carbocycles. The maximum absolute atomic E-state index is 12.4. The van der Waals surface area contributed by atoms with Gasteiger partial charge in [0.2, 0.25) is 11.8 Å². The van der Waals surface area contributed by atoms with E-state index in [1.165, 1.54) is 7.11 Å². The molecular weight excluding hydrogens is 310 g/mol. The van der Waals surface area contributed by atoms with Crippen LogP contribution in [0.25, 0.3) is 0 Å². The smallest absolute Gasteiger partial charge is 0.331 e. The summed E-state index contributed by atoms with van der Waals surface area (Å²) < 4.78 is 4.83. The monoisotopic (exact) mass is 333 g/mol. The van der Waals surface area contributed by atoms with Gasteiger partial charge in [0.1, 0.15) is 5.54 Å². The largest absolute Gasteiger partial charge is 0.467 e. The molecule has 1 aliphatic carbocycles. The standard InChI is InChI=1S/C17H23N3O4/c1-24-16(23)17(8-2-3-9-17)20-15(22)13(18)10-11-4-6-12(7-5-11)14(19)21/h4-7,13H,2-3,8-10,18H2,1H3,(H2,19,21)(H,20,22). The number of nitrogens with two attached hydrogens (primary N) is 2. The molecular formula is C17H23N3O4. The summed E-state index contributed by atoms with van der Waals surface area (Å²) in [7, 11) is 1.31. The molecule has 7 heteroatoms. The molecule has 0 aliphatic heterocycles. The van der Waals surface area contributed by atoms with E-state index in [1.807, 2.05) is 0 Å². The summed E-state index contributed by atoms with van der Waals surface area (Å²) in [4.78, 5) is 35.5. The minimum absolute atomic E-state index is 0.294. The zero-order valence-corrected chi connectivity index (χ0v) is 13.7. The Morgan fingerprint density at radius 1 is 1.21 bits per heavy atom. The van der Waals surface area contributed by atoms with Crippen LogP contribution in [0, 0.1) is 0 Å². The number of esters is 1. The van der Waals surface area contributed by atoms with Gasteiger partial charge in [-0.25, -0.2) is 4.79 Å². The maximum atomic E-state index is 12.4. The lowest BCUT2D eigenvalue weighted by atomic mass is 9.96. The van der Waals surface area contributed by atoms with Gasteiger partial charge in [-0.1, -0.05) is 25.0 Å². The van der Waals surface area contributed by atoms with E-state index in [4.69, 9.17) is 16.2 Å². The number of primary amides is 1. The molecule has 1 unspecified atom stereocenters. The van der Waals surface area contributed by atoms with Crippen LogP contribution in [-0.4, -0.2) is 36.5 Å². The Hall–Kier alpha value is -2.41. The minimum Gasteiger partial charge on any atom is -0.467 e. The second-order valence-electron chi connectivity index (χ2n) is 6.14. The summed E-state index contributed by atoms with van der Waals surface area (Å²) >= 11 is 0. The predicted octanol–water partition coefficient (Wildman–Crippen LogP) is 0.257. The lowest BCUT2D eigenvalue weighted by Crippen LogP contribution is -2.57. The Balaban J connectivity index is 2.01. The van der Waals surface area contributed by atoms with Crippen LogP contribution in [0.5, 0.6) is 0 Å². The molecule has 1 fully saturated rings. The van der Waals surface area contributed by atoms with Crippen molar-refractivity contribution in [2.75, 3.05) is 7.11 Å². The van der Waals surface area contributed by atoms with Crippen LogP contribution in [0.1, 0.15) is 41.6 Å². The molecule has 7 nitrogen and oxygen atoms in total. The summed E-state index contributed by atoms with van der Waals surface area (Å²) in [5.41, 5.74) is 11.4. The van der Waals surface area contributed by atoms with Crippen LogP contribution in [0.3, 0.4) is 0 Å². The molecule has 5 N–H and O–H groups in total. The maximum Gasteiger partial charge on any atom is 0.331 e. The lowest BCUT2D eigenvalue weighted by molar-refractivity contribution is -0.150. The normalized spacial score (nSPS) is 17.1. The molecule has 2 rings (SSSR count). The van der Waals surface area contributed by atoms with Crippen LogP contribution in [0.4, 0.5) is 0 Å². The molecule has 1 saturated carbocycles. The molecule has 2 amide bonds. The van der Waals surface area contributed by atoms with E-state index in [2.05, 4.69) is 5.32 Å². The van der Waals surface area contributed by atoms with Gasteiger partial charge in [-0.2, -0.15) is 0 Å². The molecule has 0 heterocycles. The Morgan fingerprint density at radius 3 is 2.29 bits per heavy atom. The fraction of sp³-hybridized carbons (Fsp3) is 0.471. The zero-order valence-electron chi connectivity index (χ0n) is 13.7.